The molecule has 2 amide bonds. The molecule has 2 rings (SSSR count). The Labute approximate surface area is 171 Å². The highest BCUT2D eigenvalue weighted by Crippen LogP contribution is 2.36. The monoisotopic (exact) mass is 440 g/mol. The Bertz CT molecular complexity index is 666. The summed E-state index contributed by atoms with van der Waals surface area (Å²) in [6.07, 6.45) is -12.4. The van der Waals surface area contributed by atoms with Crippen molar-refractivity contribution in [2.75, 3.05) is 26.7 Å². The molecule has 1 N–H and O–H groups in total. The number of likely N-dealkylation sites (tertiary alicyclic amines) is 1. The highest BCUT2D eigenvalue weighted by Gasteiger charge is 2.42. The Kier molecular flexibility index (Phi) is 8.40. The van der Waals surface area contributed by atoms with E-state index in [0.717, 1.165) is 5.56 Å². The number of nitrogens with zero attached hydrogens (tertiary/aromatic N) is 1. The molecule has 1 saturated heterocycles. The zero-order valence-electron chi connectivity index (χ0n) is 16.6. The summed E-state index contributed by atoms with van der Waals surface area (Å²) < 4.78 is 82.1. The molecule has 1 aromatic carbocycles. The number of amides is 2. The molecule has 1 aromatic rings. The molecule has 0 bridgehead atoms. The van der Waals surface area contributed by atoms with E-state index in [4.69, 9.17) is 4.74 Å². The van der Waals surface area contributed by atoms with Gasteiger partial charge in [0.05, 0.1) is 12.0 Å². The van der Waals surface area contributed by atoms with E-state index in [2.05, 4.69) is 5.32 Å². The van der Waals surface area contributed by atoms with Crippen molar-refractivity contribution in [2.45, 2.75) is 50.1 Å². The molecule has 1 unspecified atom stereocenters. The molecule has 1 aliphatic rings. The van der Waals surface area contributed by atoms with Gasteiger partial charge in [-0.2, -0.15) is 26.3 Å². The van der Waals surface area contributed by atoms with Crippen LogP contribution in [-0.2, 0) is 4.74 Å². The molecule has 1 aliphatic heterocycles. The van der Waals surface area contributed by atoms with Crippen molar-refractivity contribution in [3.8, 4) is 0 Å². The van der Waals surface area contributed by atoms with Gasteiger partial charge >= 0.3 is 18.4 Å². The van der Waals surface area contributed by atoms with Crippen molar-refractivity contribution in [3.05, 3.63) is 35.9 Å². The number of ether oxygens (including phenoxy) is 1. The summed E-state index contributed by atoms with van der Waals surface area (Å²) in [5.41, 5.74) is 0.889. The van der Waals surface area contributed by atoms with E-state index in [0.29, 0.717) is 19.5 Å². The van der Waals surface area contributed by atoms with Gasteiger partial charge in [0.25, 0.3) is 0 Å². The number of carbonyl (C=O) groups excluding carboxylic acids is 1. The van der Waals surface area contributed by atoms with Crippen LogP contribution in [0.15, 0.2) is 30.3 Å². The van der Waals surface area contributed by atoms with Crippen molar-refractivity contribution < 1.29 is 35.9 Å². The number of carbonyl (C=O) groups is 1. The molecular formula is C20H26F6N2O2. The van der Waals surface area contributed by atoms with E-state index in [1.54, 1.807) is 4.90 Å². The van der Waals surface area contributed by atoms with Crippen LogP contribution in [0, 0.1) is 5.92 Å². The van der Waals surface area contributed by atoms with Crippen LogP contribution >= 0.6 is 0 Å². The molecule has 0 aliphatic carbocycles. The minimum Gasteiger partial charge on any atom is -0.377 e. The fourth-order valence-electron chi connectivity index (χ4n) is 3.66. The maximum atomic E-state index is 13.1. The van der Waals surface area contributed by atoms with Crippen LogP contribution in [0.1, 0.15) is 37.2 Å². The summed E-state index contributed by atoms with van der Waals surface area (Å²) in [4.78, 5) is 13.6. The number of rotatable bonds is 7. The van der Waals surface area contributed by atoms with Gasteiger partial charge in [-0.05, 0) is 24.8 Å². The second-order valence-electron chi connectivity index (χ2n) is 7.40. The second-order valence-corrected chi connectivity index (χ2v) is 7.40. The van der Waals surface area contributed by atoms with E-state index in [-0.39, 0.29) is 18.6 Å². The molecule has 30 heavy (non-hydrogen) atoms. The second kappa shape index (κ2) is 10.4. The third-order valence-electron chi connectivity index (χ3n) is 5.32. The Hall–Kier alpha value is -1.97. The topological polar surface area (TPSA) is 41.6 Å². The van der Waals surface area contributed by atoms with Gasteiger partial charge in [0, 0.05) is 39.1 Å². The van der Waals surface area contributed by atoms with Gasteiger partial charge in [-0.25, -0.2) is 4.79 Å². The number of urea groups is 1. The molecule has 1 heterocycles. The number of hydrogen-bond donors (Lipinski definition) is 1. The first-order valence-corrected chi connectivity index (χ1v) is 9.78. The summed E-state index contributed by atoms with van der Waals surface area (Å²) >= 11 is 0. The van der Waals surface area contributed by atoms with Gasteiger partial charge in [-0.1, -0.05) is 30.3 Å². The van der Waals surface area contributed by atoms with Crippen molar-refractivity contribution in [1.82, 2.24) is 10.2 Å². The van der Waals surface area contributed by atoms with Crippen LogP contribution in [0.5, 0.6) is 0 Å². The molecule has 0 radical (unpaired) electrons. The van der Waals surface area contributed by atoms with Crippen molar-refractivity contribution in [2.24, 2.45) is 5.92 Å². The lowest BCUT2D eigenvalue weighted by atomic mass is 9.88. The fourth-order valence-corrected chi connectivity index (χ4v) is 3.66. The number of hydrogen-bond acceptors (Lipinski definition) is 2. The summed E-state index contributed by atoms with van der Waals surface area (Å²) in [5.74, 6) is -2.31. The van der Waals surface area contributed by atoms with E-state index < -0.39 is 43.6 Å². The Balaban J connectivity index is 2.01. The largest absolute Gasteiger partial charge is 0.391 e. The normalized spacial score (nSPS) is 21.4. The summed E-state index contributed by atoms with van der Waals surface area (Å²) in [6, 6.07) is 8.93. The maximum absolute atomic E-state index is 13.1. The summed E-state index contributed by atoms with van der Waals surface area (Å²) in [5, 5.41) is 2.55. The van der Waals surface area contributed by atoms with Crippen LogP contribution in [0.25, 0.3) is 0 Å². The minimum atomic E-state index is -4.71. The first-order chi connectivity index (χ1) is 14.0. The first-order valence-electron chi connectivity index (χ1n) is 9.78. The van der Waals surface area contributed by atoms with Crippen LogP contribution in [-0.4, -0.2) is 56.1 Å². The SMILES string of the molecule is CNC(=O)N1CC[C@@H](OCCC(CCC(F)(F)F)C(F)(F)F)[C@@H](c2ccccc2)C1. The van der Waals surface area contributed by atoms with Crippen LogP contribution in [0.4, 0.5) is 31.1 Å². The van der Waals surface area contributed by atoms with Crippen LogP contribution in [0.2, 0.25) is 0 Å². The van der Waals surface area contributed by atoms with Gasteiger partial charge < -0.3 is 15.0 Å². The lowest BCUT2D eigenvalue weighted by molar-refractivity contribution is -0.194. The maximum Gasteiger partial charge on any atom is 0.391 e. The van der Waals surface area contributed by atoms with Crippen molar-refractivity contribution in [1.29, 1.82) is 0 Å². The number of alkyl halides is 6. The average Bonchev–Trinajstić information content (AvgIpc) is 2.69. The Morgan fingerprint density at radius 3 is 2.40 bits per heavy atom. The van der Waals surface area contributed by atoms with E-state index in [1.165, 1.54) is 7.05 Å². The predicted molar refractivity (Wildman–Crippen MR) is 99.0 cm³/mol. The average molecular weight is 440 g/mol. The quantitative estimate of drug-likeness (QED) is 0.599. The Morgan fingerprint density at radius 2 is 1.83 bits per heavy atom. The molecule has 10 heteroatoms. The number of nitrogens with one attached hydrogen (secondary N) is 1. The third-order valence-corrected chi connectivity index (χ3v) is 5.32. The summed E-state index contributed by atoms with van der Waals surface area (Å²) in [7, 11) is 1.51. The van der Waals surface area contributed by atoms with E-state index in [1.807, 2.05) is 30.3 Å². The molecule has 4 nitrogen and oxygen atoms in total. The number of piperidine rings is 1. The van der Waals surface area contributed by atoms with Gasteiger partial charge in [0.2, 0.25) is 0 Å². The molecule has 3 atom stereocenters. The fraction of sp³-hybridized carbons (Fsp3) is 0.650. The number of benzene rings is 1. The zero-order chi connectivity index (χ0) is 22.4. The minimum absolute atomic E-state index is 0.239. The van der Waals surface area contributed by atoms with Gasteiger partial charge in [0.15, 0.2) is 0 Å². The van der Waals surface area contributed by atoms with Gasteiger partial charge in [-0.15, -0.1) is 0 Å². The van der Waals surface area contributed by atoms with Crippen LogP contribution < -0.4 is 5.32 Å². The smallest absolute Gasteiger partial charge is 0.377 e. The molecule has 0 spiro atoms. The van der Waals surface area contributed by atoms with E-state index in [9.17, 15) is 31.1 Å². The Morgan fingerprint density at radius 1 is 1.17 bits per heavy atom. The lowest BCUT2D eigenvalue weighted by Crippen LogP contribution is -2.48. The number of halogens is 6. The molecule has 0 aromatic heterocycles. The summed E-state index contributed by atoms with van der Waals surface area (Å²) in [6.45, 7) is 0.422. The van der Waals surface area contributed by atoms with Crippen LogP contribution in [0.3, 0.4) is 0 Å². The molecule has 0 saturated carbocycles. The van der Waals surface area contributed by atoms with Gasteiger partial charge in [0.1, 0.15) is 0 Å². The third kappa shape index (κ3) is 7.37. The highest BCUT2D eigenvalue weighted by molar-refractivity contribution is 5.74. The zero-order valence-corrected chi connectivity index (χ0v) is 16.6. The van der Waals surface area contributed by atoms with Gasteiger partial charge in [-0.3, -0.25) is 0 Å². The molecule has 1 fully saturated rings. The van der Waals surface area contributed by atoms with E-state index >= 15 is 0 Å². The first kappa shape index (κ1) is 24.3. The van der Waals surface area contributed by atoms with Crippen molar-refractivity contribution >= 4 is 6.03 Å². The highest BCUT2D eigenvalue weighted by atomic mass is 19.4. The molecule has 170 valence electrons. The van der Waals surface area contributed by atoms with Crippen molar-refractivity contribution in [3.63, 3.8) is 0 Å². The molecular weight excluding hydrogens is 414 g/mol. The standard InChI is InChI=1S/C20H26F6N2O2/c1-27-18(29)28-11-8-17(16(13-28)14-5-3-2-4-6-14)30-12-9-15(20(24,25)26)7-10-19(21,22)23/h2-6,15-17H,7-13H2,1H3,(H,27,29)/t15?,16-,17-/m1/s1. The lowest BCUT2D eigenvalue weighted by Gasteiger charge is -2.38. The predicted octanol–water partition coefficient (Wildman–Crippen LogP) is 5.11.